The van der Waals surface area contributed by atoms with Crippen LogP contribution in [0.4, 0.5) is 4.39 Å². The Hall–Kier alpha value is -0.910. The number of rotatable bonds is 1. The first-order valence-corrected chi connectivity index (χ1v) is 7.80. The van der Waals surface area contributed by atoms with Crippen molar-refractivity contribution in [2.75, 3.05) is 0 Å². The lowest BCUT2D eigenvalue weighted by atomic mass is 9.93. The predicted molar refractivity (Wildman–Crippen MR) is 83.2 cm³/mol. The van der Waals surface area contributed by atoms with Crippen LogP contribution in [0.15, 0.2) is 45.3 Å². The molecule has 0 radical (unpaired) electrons. The Bertz CT molecular complexity index is 662. The van der Waals surface area contributed by atoms with Gasteiger partial charge in [0, 0.05) is 32.5 Å². The maximum Gasteiger partial charge on any atom is 0.131 e. The summed E-state index contributed by atoms with van der Waals surface area (Å²) in [5, 5.41) is 0. The highest BCUT2D eigenvalue weighted by Gasteiger charge is 2.28. The Morgan fingerprint density at radius 1 is 1.05 bits per heavy atom. The fourth-order valence-electron chi connectivity index (χ4n) is 2.43. The molecule has 1 aliphatic rings. The fraction of sp³-hybridized carbons (Fsp3) is 0.200. The second-order valence-corrected chi connectivity index (χ2v) is 6.63. The van der Waals surface area contributed by atoms with E-state index in [1.54, 1.807) is 6.07 Å². The van der Waals surface area contributed by atoms with Gasteiger partial charge >= 0.3 is 0 Å². The van der Waals surface area contributed by atoms with Gasteiger partial charge in [0.05, 0.1) is 0 Å². The number of benzene rings is 2. The Morgan fingerprint density at radius 2 is 1.75 bits per heavy atom. The van der Waals surface area contributed by atoms with Gasteiger partial charge in [0.15, 0.2) is 0 Å². The Kier molecular flexibility index (Phi) is 3.84. The maximum absolute atomic E-state index is 14.0. The van der Waals surface area contributed by atoms with Gasteiger partial charge in [0.25, 0.3) is 0 Å². The smallest absolute Gasteiger partial charge is 0.131 e. The molecule has 0 amide bonds. The van der Waals surface area contributed by atoms with E-state index in [9.17, 15) is 4.39 Å². The van der Waals surface area contributed by atoms with Crippen LogP contribution in [-0.2, 0) is 0 Å². The molecule has 1 aliphatic heterocycles. The Morgan fingerprint density at radius 3 is 2.50 bits per heavy atom. The molecular formula is C15H12Br2FNO. The highest BCUT2D eigenvalue weighted by molar-refractivity contribution is 9.10. The van der Waals surface area contributed by atoms with E-state index in [4.69, 9.17) is 10.5 Å². The number of ether oxygens (including phenoxy) is 1. The van der Waals surface area contributed by atoms with Crippen molar-refractivity contribution in [3.63, 3.8) is 0 Å². The third-order valence-corrected chi connectivity index (χ3v) is 4.40. The van der Waals surface area contributed by atoms with Gasteiger partial charge in [-0.05, 0) is 30.3 Å². The van der Waals surface area contributed by atoms with Crippen molar-refractivity contribution in [3.8, 4) is 5.75 Å². The van der Waals surface area contributed by atoms with Crippen LogP contribution in [0.3, 0.4) is 0 Å². The summed E-state index contributed by atoms with van der Waals surface area (Å²) in [4.78, 5) is 0. The molecule has 0 saturated heterocycles. The van der Waals surface area contributed by atoms with Crippen LogP contribution in [0.2, 0.25) is 0 Å². The van der Waals surface area contributed by atoms with Gasteiger partial charge in [0.1, 0.15) is 17.7 Å². The minimum absolute atomic E-state index is 0.163. The molecule has 20 heavy (non-hydrogen) atoms. The summed E-state index contributed by atoms with van der Waals surface area (Å²) in [5.41, 5.74) is 7.68. The molecular weight excluding hydrogens is 389 g/mol. The monoisotopic (exact) mass is 399 g/mol. The van der Waals surface area contributed by atoms with E-state index < -0.39 is 0 Å². The molecule has 0 spiro atoms. The van der Waals surface area contributed by atoms with E-state index in [-0.39, 0.29) is 18.0 Å². The van der Waals surface area contributed by atoms with Crippen LogP contribution in [0.1, 0.15) is 29.7 Å². The molecule has 2 atom stereocenters. The molecule has 0 saturated carbocycles. The summed E-state index contributed by atoms with van der Waals surface area (Å²) in [5.74, 6) is 0.441. The number of halogens is 3. The van der Waals surface area contributed by atoms with Gasteiger partial charge in [-0.1, -0.05) is 37.9 Å². The minimum Gasteiger partial charge on any atom is -0.485 e. The SMILES string of the molecule is N[C@H]1CC(c2ccc(Br)cc2F)Oc2ccc(Br)cc21. The summed E-state index contributed by atoms with van der Waals surface area (Å²) >= 11 is 6.68. The molecule has 5 heteroatoms. The van der Waals surface area contributed by atoms with Crippen LogP contribution < -0.4 is 10.5 Å². The number of nitrogens with two attached hydrogens (primary N) is 1. The van der Waals surface area contributed by atoms with E-state index in [0.29, 0.717) is 16.5 Å². The third kappa shape index (κ3) is 2.62. The normalized spacial score (nSPS) is 21.2. The molecule has 2 aromatic carbocycles. The zero-order valence-electron chi connectivity index (χ0n) is 10.4. The first-order chi connectivity index (χ1) is 9.54. The minimum atomic E-state index is -0.355. The van der Waals surface area contributed by atoms with E-state index in [1.165, 1.54) is 6.07 Å². The second-order valence-electron chi connectivity index (χ2n) is 4.80. The molecule has 0 aliphatic carbocycles. The van der Waals surface area contributed by atoms with E-state index in [0.717, 1.165) is 15.8 Å². The van der Waals surface area contributed by atoms with Crippen molar-refractivity contribution in [1.29, 1.82) is 0 Å². The lowest BCUT2D eigenvalue weighted by molar-refractivity contribution is 0.157. The van der Waals surface area contributed by atoms with Gasteiger partial charge in [-0.2, -0.15) is 0 Å². The van der Waals surface area contributed by atoms with Crippen LogP contribution in [-0.4, -0.2) is 0 Å². The van der Waals surface area contributed by atoms with Crippen molar-refractivity contribution in [1.82, 2.24) is 0 Å². The van der Waals surface area contributed by atoms with Gasteiger partial charge in [-0.15, -0.1) is 0 Å². The maximum atomic E-state index is 14.0. The molecule has 2 aromatic rings. The van der Waals surface area contributed by atoms with Gasteiger partial charge in [0.2, 0.25) is 0 Å². The summed E-state index contributed by atoms with van der Waals surface area (Å²) in [6.45, 7) is 0. The van der Waals surface area contributed by atoms with Crippen LogP contribution >= 0.6 is 31.9 Å². The largest absolute Gasteiger partial charge is 0.485 e. The van der Waals surface area contributed by atoms with E-state index in [1.807, 2.05) is 24.3 Å². The van der Waals surface area contributed by atoms with Gasteiger partial charge in [-0.25, -0.2) is 4.39 Å². The van der Waals surface area contributed by atoms with Gasteiger partial charge < -0.3 is 10.5 Å². The predicted octanol–water partition coefficient (Wildman–Crippen LogP) is 4.87. The topological polar surface area (TPSA) is 35.2 Å². The lowest BCUT2D eigenvalue weighted by Gasteiger charge is -2.31. The first kappa shape index (κ1) is 14.0. The zero-order valence-corrected chi connectivity index (χ0v) is 13.6. The van der Waals surface area contributed by atoms with Crippen LogP contribution in [0.5, 0.6) is 5.75 Å². The highest BCUT2D eigenvalue weighted by atomic mass is 79.9. The molecule has 2 N–H and O–H groups in total. The molecule has 0 aromatic heterocycles. The number of fused-ring (bicyclic) bond motifs is 1. The molecule has 2 nitrogen and oxygen atoms in total. The molecule has 1 heterocycles. The molecule has 0 fully saturated rings. The standard InChI is InChI=1S/C15H12Br2FNO/c16-8-2-4-14-11(5-8)13(19)7-15(20-14)10-3-1-9(17)6-12(10)18/h1-6,13,15H,7,19H2/t13-,15?/m0/s1. The molecule has 1 unspecified atom stereocenters. The molecule has 104 valence electrons. The average molecular weight is 401 g/mol. The van der Waals surface area contributed by atoms with E-state index in [2.05, 4.69) is 31.9 Å². The van der Waals surface area contributed by atoms with Crippen LogP contribution in [0.25, 0.3) is 0 Å². The Balaban J connectivity index is 1.97. The van der Waals surface area contributed by atoms with Crippen molar-refractivity contribution >= 4 is 31.9 Å². The lowest BCUT2D eigenvalue weighted by Crippen LogP contribution is -2.24. The number of hydrogen-bond acceptors (Lipinski definition) is 2. The zero-order chi connectivity index (χ0) is 14.3. The third-order valence-electron chi connectivity index (χ3n) is 3.42. The Labute approximate surface area is 133 Å². The first-order valence-electron chi connectivity index (χ1n) is 6.21. The number of hydrogen-bond donors (Lipinski definition) is 1. The summed E-state index contributed by atoms with van der Waals surface area (Å²) in [6, 6.07) is 10.5. The van der Waals surface area contributed by atoms with Crippen molar-refractivity contribution in [2.45, 2.75) is 18.6 Å². The summed E-state index contributed by atoms with van der Waals surface area (Å²) in [7, 11) is 0. The van der Waals surface area contributed by atoms with E-state index >= 15 is 0 Å². The quantitative estimate of drug-likeness (QED) is 0.740. The van der Waals surface area contributed by atoms with Crippen LogP contribution in [0, 0.1) is 5.82 Å². The van der Waals surface area contributed by atoms with Gasteiger partial charge in [-0.3, -0.25) is 0 Å². The second kappa shape index (κ2) is 5.47. The highest BCUT2D eigenvalue weighted by Crippen LogP contribution is 2.41. The van der Waals surface area contributed by atoms with Crippen molar-refractivity contribution < 1.29 is 9.13 Å². The average Bonchev–Trinajstić information content (AvgIpc) is 2.39. The molecule has 3 rings (SSSR count). The molecule has 0 bridgehead atoms. The van der Waals surface area contributed by atoms with Crippen molar-refractivity contribution in [2.24, 2.45) is 5.73 Å². The van der Waals surface area contributed by atoms with Crippen molar-refractivity contribution in [3.05, 3.63) is 62.3 Å². The summed E-state index contributed by atoms with van der Waals surface area (Å²) < 4.78 is 21.6. The fourth-order valence-corrected chi connectivity index (χ4v) is 3.14. The summed E-state index contributed by atoms with van der Waals surface area (Å²) in [6.07, 6.45) is 0.203.